The van der Waals surface area contributed by atoms with Gasteiger partial charge in [0.15, 0.2) is 0 Å². The van der Waals surface area contributed by atoms with Crippen LogP contribution in [0.4, 0.5) is 0 Å². The molecule has 23 heavy (non-hydrogen) atoms. The number of hydrogen-bond acceptors (Lipinski definition) is 3. The lowest BCUT2D eigenvalue weighted by Gasteiger charge is -2.34. The Balaban J connectivity index is 0.00000132. The minimum atomic E-state index is 0. The summed E-state index contributed by atoms with van der Waals surface area (Å²) in [4.78, 5) is 9.18. The summed E-state index contributed by atoms with van der Waals surface area (Å²) in [5, 5.41) is 0.806. The summed E-state index contributed by atoms with van der Waals surface area (Å²) in [6.45, 7) is 6.47. The molecular formula is C17H22Cl3N3. The smallest absolute Gasteiger partial charge is 0.0406 e. The molecule has 0 N–H and O–H groups in total. The molecule has 1 fully saturated rings. The summed E-state index contributed by atoms with van der Waals surface area (Å²) in [6.07, 6.45) is 3.79. The Morgan fingerprint density at radius 2 is 1.39 bits per heavy atom. The van der Waals surface area contributed by atoms with Gasteiger partial charge in [-0.1, -0.05) is 29.8 Å². The zero-order valence-corrected chi connectivity index (χ0v) is 15.3. The Kier molecular flexibility index (Phi) is 8.88. The highest BCUT2D eigenvalue weighted by Gasteiger charge is 2.16. The van der Waals surface area contributed by atoms with Crippen molar-refractivity contribution in [3.05, 3.63) is 64.9 Å². The van der Waals surface area contributed by atoms with E-state index < -0.39 is 0 Å². The summed E-state index contributed by atoms with van der Waals surface area (Å²) >= 11 is 5.93. The maximum Gasteiger partial charge on any atom is 0.0406 e. The summed E-state index contributed by atoms with van der Waals surface area (Å²) in [5.41, 5.74) is 2.63. The van der Waals surface area contributed by atoms with Gasteiger partial charge >= 0.3 is 0 Å². The van der Waals surface area contributed by atoms with Gasteiger partial charge in [-0.2, -0.15) is 0 Å². The van der Waals surface area contributed by atoms with Crippen molar-refractivity contribution >= 4 is 36.4 Å². The summed E-state index contributed by atoms with van der Waals surface area (Å²) < 4.78 is 0. The van der Waals surface area contributed by atoms with Gasteiger partial charge in [-0.25, -0.2) is 0 Å². The number of piperazine rings is 1. The molecule has 0 unspecified atom stereocenters. The first-order chi connectivity index (χ1) is 10.3. The zero-order valence-electron chi connectivity index (χ0n) is 12.9. The molecule has 3 nitrogen and oxygen atoms in total. The summed E-state index contributed by atoms with van der Waals surface area (Å²) in [5.74, 6) is 0. The number of rotatable bonds is 4. The molecule has 3 rings (SSSR count). The van der Waals surface area contributed by atoms with Crippen LogP contribution in [0.3, 0.4) is 0 Å². The summed E-state index contributed by atoms with van der Waals surface area (Å²) in [6, 6.07) is 12.3. The van der Waals surface area contributed by atoms with E-state index in [4.69, 9.17) is 11.6 Å². The van der Waals surface area contributed by atoms with Crippen molar-refractivity contribution in [2.24, 2.45) is 0 Å². The van der Waals surface area contributed by atoms with Crippen LogP contribution in [-0.4, -0.2) is 41.0 Å². The van der Waals surface area contributed by atoms with Crippen LogP contribution >= 0.6 is 36.4 Å². The van der Waals surface area contributed by atoms with Crippen LogP contribution < -0.4 is 0 Å². The maximum absolute atomic E-state index is 5.93. The Labute approximate surface area is 155 Å². The molecule has 0 bridgehead atoms. The van der Waals surface area contributed by atoms with Crippen LogP contribution in [0.2, 0.25) is 5.02 Å². The number of halogens is 3. The molecule has 1 aliphatic heterocycles. The van der Waals surface area contributed by atoms with Crippen LogP contribution in [0.25, 0.3) is 0 Å². The van der Waals surface area contributed by atoms with Crippen molar-refractivity contribution in [1.82, 2.24) is 14.8 Å². The standard InChI is InChI=1S/C17H20ClN3.2ClH/c18-17-5-3-15(4-6-17)13-20-8-10-21(11-9-20)14-16-2-1-7-19-12-16;;/h1-7,12H,8-11,13-14H2;2*1H. The van der Waals surface area contributed by atoms with Gasteiger partial charge in [0.2, 0.25) is 0 Å². The molecule has 0 radical (unpaired) electrons. The lowest BCUT2D eigenvalue weighted by Crippen LogP contribution is -2.45. The molecule has 6 heteroatoms. The third kappa shape index (κ3) is 6.28. The third-order valence-corrected chi connectivity index (χ3v) is 4.17. The molecule has 1 saturated heterocycles. The molecule has 2 heterocycles. The number of aromatic nitrogens is 1. The second-order valence-corrected chi connectivity index (χ2v) is 5.98. The van der Waals surface area contributed by atoms with Crippen molar-refractivity contribution < 1.29 is 0 Å². The van der Waals surface area contributed by atoms with Gasteiger partial charge in [-0.15, -0.1) is 24.8 Å². The van der Waals surface area contributed by atoms with Crippen LogP contribution in [-0.2, 0) is 13.1 Å². The second kappa shape index (κ2) is 10.1. The monoisotopic (exact) mass is 373 g/mol. The van der Waals surface area contributed by atoms with E-state index in [-0.39, 0.29) is 24.8 Å². The Bertz CT molecular complexity index is 555. The van der Waals surface area contributed by atoms with Gasteiger partial charge in [0.05, 0.1) is 0 Å². The lowest BCUT2D eigenvalue weighted by molar-refractivity contribution is 0.122. The Morgan fingerprint density at radius 1 is 0.826 bits per heavy atom. The normalized spacial score (nSPS) is 15.5. The molecule has 126 valence electrons. The van der Waals surface area contributed by atoms with Gasteiger partial charge in [-0.05, 0) is 29.3 Å². The lowest BCUT2D eigenvalue weighted by atomic mass is 10.2. The summed E-state index contributed by atoms with van der Waals surface area (Å²) in [7, 11) is 0. The molecule has 1 aromatic carbocycles. The molecule has 1 aromatic heterocycles. The quantitative estimate of drug-likeness (QED) is 0.809. The van der Waals surface area contributed by atoms with Gasteiger partial charge in [0, 0.05) is 56.7 Å². The van der Waals surface area contributed by atoms with Gasteiger partial charge in [0.1, 0.15) is 0 Å². The fourth-order valence-corrected chi connectivity index (χ4v) is 2.83. The van der Waals surface area contributed by atoms with E-state index in [0.29, 0.717) is 0 Å². The van der Waals surface area contributed by atoms with Gasteiger partial charge in [-0.3, -0.25) is 14.8 Å². The maximum atomic E-state index is 5.93. The highest BCUT2D eigenvalue weighted by molar-refractivity contribution is 6.30. The van der Waals surface area contributed by atoms with Crippen molar-refractivity contribution in [1.29, 1.82) is 0 Å². The number of hydrogen-bond donors (Lipinski definition) is 0. The van der Waals surface area contributed by atoms with E-state index in [0.717, 1.165) is 44.3 Å². The van der Waals surface area contributed by atoms with Crippen LogP contribution in [0, 0.1) is 0 Å². The second-order valence-electron chi connectivity index (χ2n) is 5.54. The topological polar surface area (TPSA) is 19.4 Å². The molecule has 0 aliphatic carbocycles. The molecule has 1 aliphatic rings. The number of benzene rings is 1. The van der Waals surface area contributed by atoms with E-state index in [9.17, 15) is 0 Å². The minimum absolute atomic E-state index is 0. The average Bonchev–Trinajstić information content (AvgIpc) is 2.53. The highest BCUT2D eigenvalue weighted by atomic mass is 35.5. The van der Waals surface area contributed by atoms with E-state index >= 15 is 0 Å². The predicted molar refractivity (Wildman–Crippen MR) is 101 cm³/mol. The van der Waals surface area contributed by atoms with Gasteiger partial charge in [0.25, 0.3) is 0 Å². The van der Waals surface area contributed by atoms with E-state index in [1.54, 1.807) is 0 Å². The van der Waals surface area contributed by atoms with Crippen molar-refractivity contribution in [2.75, 3.05) is 26.2 Å². The van der Waals surface area contributed by atoms with Gasteiger partial charge < -0.3 is 0 Å². The third-order valence-electron chi connectivity index (χ3n) is 3.91. The molecule has 0 atom stereocenters. The first-order valence-electron chi connectivity index (χ1n) is 7.38. The van der Waals surface area contributed by atoms with E-state index in [1.165, 1.54) is 11.1 Å². The molecule has 2 aromatic rings. The van der Waals surface area contributed by atoms with E-state index in [2.05, 4.69) is 33.0 Å². The van der Waals surface area contributed by atoms with E-state index in [1.807, 2.05) is 30.6 Å². The highest BCUT2D eigenvalue weighted by Crippen LogP contribution is 2.13. The van der Waals surface area contributed by atoms with Crippen molar-refractivity contribution in [3.63, 3.8) is 0 Å². The van der Waals surface area contributed by atoms with Crippen LogP contribution in [0.1, 0.15) is 11.1 Å². The van der Waals surface area contributed by atoms with Crippen molar-refractivity contribution in [2.45, 2.75) is 13.1 Å². The van der Waals surface area contributed by atoms with Crippen LogP contribution in [0.5, 0.6) is 0 Å². The fraction of sp³-hybridized carbons (Fsp3) is 0.353. The number of pyridine rings is 1. The first-order valence-corrected chi connectivity index (χ1v) is 7.75. The average molecular weight is 375 g/mol. The Hall–Kier alpha value is -0.840. The predicted octanol–water partition coefficient (Wildman–Crippen LogP) is 3.90. The zero-order chi connectivity index (χ0) is 14.5. The Morgan fingerprint density at radius 3 is 1.91 bits per heavy atom. The van der Waals surface area contributed by atoms with Crippen molar-refractivity contribution in [3.8, 4) is 0 Å². The fourth-order valence-electron chi connectivity index (χ4n) is 2.70. The minimum Gasteiger partial charge on any atom is -0.297 e. The number of nitrogens with zero attached hydrogens (tertiary/aromatic N) is 3. The SMILES string of the molecule is Cl.Cl.Clc1ccc(CN2CCN(Cc3cccnc3)CC2)cc1. The largest absolute Gasteiger partial charge is 0.297 e. The molecule has 0 amide bonds. The first kappa shape index (κ1) is 20.2. The molecular weight excluding hydrogens is 353 g/mol. The molecule has 0 saturated carbocycles. The van der Waals surface area contributed by atoms with Crippen LogP contribution in [0.15, 0.2) is 48.8 Å². The molecule has 0 spiro atoms.